The third-order valence-electron chi connectivity index (χ3n) is 6.19. The van der Waals surface area contributed by atoms with Gasteiger partial charge in [0, 0.05) is 55.7 Å². The van der Waals surface area contributed by atoms with E-state index in [-0.39, 0.29) is 24.2 Å². The highest BCUT2D eigenvalue weighted by atomic mass is 35.5. The van der Waals surface area contributed by atoms with Crippen LogP contribution in [0.4, 0.5) is 5.95 Å². The Labute approximate surface area is 177 Å². The molecule has 1 N–H and O–H groups in total. The molecule has 0 aromatic carbocycles. The number of rotatable bonds is 5. The lowest BCUT2D eigenvalue weighted by Gasteiger charge is -2.40. The molecule has 5 heterocycles. The van der Waals surface area contributed by atoms with Gasteiger partial charge in [-0.25, -0.2) is 9.97 Å². The summed E-state index contributed by atoms with van der Waals surface area (Å²) in [5.41, 5.74) is -0.268. The van der Waals surface area contributed by atoms with Gasteiger partial charge in [-0.1, -0.05) is 11.6 Å². The molecule has 2 aromatic rings. The Morgan fingerprint density at radius 3 is 3.00 bits per heavy atom. The smallest absolute Gasteiger partial charge is 0.226 e. The monoisotopic (exact) mass is 438 g/mol. The first-order chi connectivity index (χ1) is 13.6. The second-order valence-corrected chi connectivity index (χ2v) is 10.5. The second kappa shape index (κ2) is 7.41. The number of likely N-dealkylation sites (tertiary alicyclic amines) is 1. The summed E-state index contributed by atoms with van der Waals surface area (Å²) in [6.07, 6.45) is 3.88. The molecule has 0 radical (unpaired) electrons. The maximum absolute atomic E-state index is 10.1. The van der Waals surface area contributed by atoms with Crippen molar-refractivity contribution in [2.24, 2.45) is 11.8 Å². The molecule has 9 heteroatoms. The molecule has 2 aromatic heterocycles. The summed E-state index contributed by atoms with van der Waals surface area (Å²) in [5, 5.41) is 11.1. The minimum atomic E-state index is -0.268. The van der Waals surface area contributed by atoms with Gasteiger partial charge >= 0.3 is 0 Å². The average molecular weight is 439 g/mol. The molecule has 150 valence electrons. The van der Waals surface area contributed by atoms with E-state index in [1.54, 1.807) is 23.1 Å². The molecule has 5 rings (SSSR count). The zero-order chi connectivity index (χ0) is 19.3. The number of nitrogens with zero attached hydrogens (tertiary/aromatic N) is 4. The van der Waals surface area contributed by atoms with E-state index in [4.69, 9.17) is 21.3 Å². The summed E-state index contributed by atoms with van der Waals surface area (Å²) < 4.78 is 7.39. The fraction of sp³-hybridized carbons (Fsp3) is 0.579. The summed E-state index contributed by atoms with van der Waals surface area (Å²) in [5.74, 6) is 1.25. The Kier molecular flexibility index (Phi) is 5.05. The van der Waals surface area contributed by atoms with Gasteiger partial charge in [-0.05, 0) is 24.5 Å². The first kappa shape index (κ1) is 19.1. The number of aromatic nitrogens is 2. The minimum absolute atomic E-state index is 0.0311. The molecule has 28 heavy (non-hydrogen) atoms. The number of halogens is 1. The van der Waals surface area contributed by atoms with Crippen molar-refractivity contribution in [3.8, 4) is 0 Å². The predicted octanol–water partition coefficient (Wildman–Crippen LogP) is 2.61. The number of morpholine rings is 1. The van der Waals surface area contributed by atoms with E-state index in [0.717, 1.165) is 48.0 Å². The summed E-state index contributed by atoms with van der Waals surface area (Å²) in [4.78, 5) is 15.2. The SMILES string of the molecule is CSc1ccnc(N2C[C@H]3O[C@@]4(CN(Cc5ccc(Cl)s5)C[C@@H]4[C@@H]3CO)C2)n1. The van der Waals surface area contributed by atoms with E-state index in [0.29, 0.717) is 5.92 Å². The van der Waals surface area contributed by atoms with Crippen molar-refractivity contribution in [1.29, 1.82) is 0 Å². The Morgan fingerprint density at radius 2 is 2.25 bits per heavy atom. The molecule has 0 unspecified atom stereocenters. The van der Waals surface area contributed by atoms with Crippen molar-refractivity contribution in [3.05, 3.63) is 33.6 Å². The third kappa shape index (κ3) is 3.24. The van der Waals surface area contributed by atoms with Crippen molar-refractivity contribution in [2.75, 3.05) is 43.9 Å². The van der Waals surface area contributed by atoms with Crippen LogP contribution in [0, 0.1) is 11.8 Å². The van der Waals surface area contributed by atoms with Gasteiger partial charge in [-0.2, -0.15) is 0 Å². The fourth-order valence-corrected chi connectivity index (χ4v) is 6.56. The first-order valence-electron chi connectivity index (χ1n) is 9.47. The molecule has 3 fully saturated rings. The summed E-state index contributed by atoms with van der Waals surface area (Å²) in [6, 6.07) is 5.99. The van der Waals surface area contributed by atoms with Crippen LogP contribution in [-0.2, 0) is 11.3 Å². The third-order valence-corrected chi connectivity index (χ3v) is 8.05. The highest BCUT2D eigenvalue weighted by Gasteiger charge is 2.62. The zero-order valence-corrected chi connectivity index (χ0v) is 18.0. The number of thioether (sulfide) groups is 1. The molecule has 0 amide bonds. The molecule has 0 saturated carbocycles. The molecule has 3 aliphatic heterocycles. The molecule has 1 spiro atoms. The van der Waals surface area contributed by atoms with E-state index < -0.39 is 0 Å². The largest absolute Gasteiger partial charge is 0.396 e. The number of fused-ring (bicyclic) bond motifs is 1. The van der Waals surface area contributed by atoms with Crippen molar-refractivity contribution in [2.45, 2.75) is 23.3 Å². The van der Waals surface area contributed by atoms with Gasteiger partial charge in [0.2, 0.25) is 5.95 Å². The molecule has 2 bridgehead atoms. The number of aliphatic hydroxyl groups is 1. The van der Waals surface area contributed by atoms with Crippen LogP contribution in [0.3, 0.4) is 0 Å². The topological polar surface area (TPSA) is 61.7 Å². The Balaban J connectivity index is 1.39. The number of anilines is 1. The fourth-order valence-electron chi connectivity index (χ4n) is 5.06. The Hall–Kier alpha value is -0.900. The molecular formula is C19H23ClN4O2S2. The highest BCUT2D eigenvalue weighted by Crippen LogP contribution is 2.49. The number of ether oxygens (including phenoxy) is 1. The van der Waals surface area contributed by atoms with Gasteiger partial charge < -0.3 is 14.7 Å². The van der Waals surface area contributed by atoms with Gasteiger partial charge in [-0.15, -0.1) is 23.1 Å². The number of hydrogen-bond acceptors (Lipinski definition) is 8. The molecule has 3 saturated heterocycles. The summed E-state index contributed by atoms with van der Waals surface area (Å²) in [7, 11) is 0. The maximum Gasteiger partial charge on any atom is 0.226 e. The first-order valence-corrected chi connectivity index (χ1v) is 11.9. The highest BCUT2D eigenvalue weighted by molar-refractivity contribution is 7.98. The number of thiophene rings is 1. The van der Waals surface area contributed by atoms with Gasteiger partial charge in [0.05, 0.1) is 17.0 Å². The van der Waals surface area contributed by atoms with Crippen molar-refractivity contribution >= 4 is 40.6 Å². The van der Waals surface area contributed by atoms with Crippen LogP contribution in [0.1, 0.15) is 4.88 Å². The predicted molar refractivity (Wildman–Crippen MR) is 112 cm³/mol. The molecule has 4 atom stereocenters. The zero-order valence-electron chi connectivity index (χ0n) is 15.6. The van der Waals surface area contributed by atoms with Crippen molar-refractivity contribution < 1.29 is 9.84 Å². The quantitative estimate of drug-likeness (QED) is 0.568. The van der Waals surface area contributed by atoms with Crippen LogP contribution >= 0.6 is 34.7 Å². The van der Waals surface area contributed by atoms with Gasteiger partial charge in [-0.3, -0.25) is 4.90 Å². The molecule has 3 aliphatic rings. The van der Waals surface area contributed by atoms with Crippen molar-refractivity contribution in [1.82, 2.24) is 14.9 Å². The van der Waals surface area contributed by atoms with Crippen LogP contribution in [0.25, 0.3) is 0 Å². The lowest BCUT2D eigenvalue weighted by Crippen LogP contribution is -2.54. The lowest BCUT2D eigenvalue weighted by molar-refractivity contribution is -0.0649. The second-order valence-electron chi connectivity index (χ2n) is 7.83. The number of aliphatic hydroxyl groups excluding tert-OH is 1. The Morgan fingerprint density at radius 1 is 1.36 bits per heavy atom. The van der Waals surface area contributed by atoms with Gasteiger partial charge in [0.15, 0.2) is 0 Å². The normalized spacial score (nSPS) is 32.1. The number of hydrogen-bond donors (Lipinski definition) is 1. The standard InChI is InChI=1S/C19H23ClN4O2S2/c1-27-17-4-5-21-18(22-17)24-8-15-13(9-25)14-7-23(10-19(14,11-24)26-15)6-12-2-3-16(20)28-12/h2-5,13-15,25H,6-11H2,1H3/t13-,14+,15+,19-/m0/s1. The average Bonchev–Trinajstić information content (AvgIpc) is 3.31. The molecule has 6 nitrogen and oxygen atoms in total. The molecular weight excluding hydrogens is 416 g/mol. The van der Waals surface area contributed by atoms with Gasteiger partial charge in [0.1, 0.15) is 10.6 Å². The van der Waals surface area contributed by atoms with E-state index >= 15 is 0 Å². The van der Waals surface area contributed by atoms with Crippen molar-refractivity contribution in [3.63, 3.8) is 0 Å². The minimum Gasteiger partial charge on any atom is -0.396 e. The van der Waals surface area contributed by atoms with E-state index in [1.807, 2.05) is 24.6 Å². The van der Waals surface area contributed by atoms with Crippen LogP contribution < -0.4 is 4.90 Å². The van der Waals surface area contributed by atoms with E-state index in [1.165, 1.54) is 4.88 Å². The molecule has 0 aliphatic carbocycles. The lowest BCUT2D eigenvalue weighted by atomic mass is 9.83. The Bertz CT molecular complexity index is 868. The van der Waals surface area contributed by atoms with E-state index in [2.05, 4.69) is 20.9 Å². The van der Waals surface area contributed by atoms with Crippen LogP contribution in [-0.4, -0.2) is 70.7 Å². The van der Waals surface area contributed by atoms with Gasteiger partial charge in [0.25, 0.3) is 0 Å². The van der Waals surface area contributed by atoms with Crippen LogP contribution in [0.15, 0.2) is 29.4 Å². The summed E-state index contributed by atoms with van der Waals surface area (Å²) >= 11 is 9.36. The maximum atomic E-state index is 10.1. The summed E-state index contributed by atoms with van der Waals surface area (Å²) in [6.45, 7) is 4.34. The van der Waals surface area contributed by atoms with Crippen LogP contribution in [0.2, 0.25) is 4.34 Å². The van der Waals surface area contributed by atoms with Crippen LogP contribution in [0.5, 0.6) is 0 Å². The van der Waals surface area contributed by atoms with E-state index in [9.17, 15) is 5.11 Å².